The zero-order chi connectivity index (χ0) is 17.5. The van der Waals surface area contributed by atoms with Gasteiger partial charge in [0.25, 0.3) is 5.91 Å². The predicted octanol–water partition coefficient (Wildman–Crippen LogP) is 5.14. The molecule has 1 aliphatic rings. The number of nitrogens with one attached hydrogen (secondary N) is 1. The Labute approximate surface area is 157 Å². The number of amides is 1. The Kier molecular flexibility index (Phi) is 3.83. The standard InChI is InChI=1S/C19H15N3O2S2/c23-17(13-9-10-20-24-13)22-19-16(11-5-1-3-7-14(11)25-19)18-21-12-6-2-4-8-15(12)26-18/h2,4,6,8-10H,1,3,5,7H2,(H,22,23). The van der Waals surface area contributed by atoms with E-state index in [0.717, 1.165) is 38.6 Å². The topological polar surface area (TPSA) is 68.0 Å². The van der Waals surface area contributed by atoms with Crippen LogP contribution < -0.4 is 5.32 Å². The lowest BCUT2D eigenvalue weighted by molar-refractivity contribution is 0.0988. The molecule has 0 saturated carbocycles. The molecule has 5 rings (SSSR count). The highest BCUT2D eigenvalue weighted by atomic mass is 32.1. The molecule has 3 heterocycles. The van der Waals surface area contributed by atoms with Crippen molar-refractivity contribution in [3.05, 3.63) is 52.7 Å². The molecule has 5 nitrogen and oxygen atoms in total. The van der Waals surface area contributed by atoms with Gasteiger partial charge in [-0.05, 0) is 43.4 Å². The highest BCUT2D eigenvalue weighted by Crippen LogP contribution is 2.46. The summed E-state index contributed by atoms with van der Waals surface area (Å²) in [6, 6.07) is 9.71. The zero-order valence-electron chi connectivity index (χ0n) is 13.8. The van der Waals surface area contributed by atoms with Gasteiger partial charge < -0.3 is 9.84 Å². The summed E-state index contributed by atoms with van der Waals surface area (Å²) in [6.45, 7) is 0. The van der Waals surface area contributed by atoms with E-state index >= 15 is 0 Å². The summed E-state index contributed by atoms with van der Waals surface area (Å²) < 4.78 is 6.15. The number of nitrogens with zero attached hydrogens (tertiary/aromatic N) is 2. The fourth-order valence-electron chi connectivity index (χ4n) is 3.36. The molecule has 0 radical (unpaired) electrons. The van der Waals surface area contributed by atoms with Crippen molar-refractivity contribution < 1.29 is 9.32 Å². The molecule has 0 spiro atoms. The van der Waals surface area contributed by atoms with E-state index in [0.29, 0.717) is 0 Å². The molecule has 1 aromatic carbocycles. The number of hydrogen-bond donors (Lipinski definition) is 1. The highest BCUT2D eigenvalue weighted by Gasteiger charge is 2.25. The van der Waals surface area contributed by atoms with E-state index in [1.54, 1.807) is 28.7 Å². The first-order valence-electron chi connectivity index (χ1n) is 8.52. The number of fused-ring (bicyclic) bond motifs is 2. The van der Waals surface area contributed by atoms with Gasteiger partial charge in [0.15, 0.2) is 0 Å². The summed E-state index contributed by atoms with van der Waals surface area (Å²) in [6.07, 6.45) is 5.95. The average molecular weight is 381 g/mol. The van der Waals surface area contributed by atoms with E-state index in [1.807, 2.05) is 18.2 Å². The Morgan fingerprint density at radius 2 is 2.00 bits per heavy atom. The Hall–Kier alpha value is -2.51. The van der Waals surface area contributed by atoms with Crippen molar-refractivity contribution in [3.63, 3.8) is 0 Å². The van der Waals surface area contributed by atoms with Gasteiger partial charge in [0.1, 0.15) is 10.0 Å². The molecular formula is C19H15N3O2S2. The summed E-state index contributed by atoms with van der Waals surface area (Å²) in [4.78, 5) is 18.7. The third kappa shape index (κ3) is 2.64. The molecule has 130 valence electrons. The smallest absolute Gasteiger partial charge is 0.294 e. The molecule has 4 aromatic rings. The Balaban J connectivity index is 1.62. The van der Waals surface area contributed by atoms with Crippen molar-refractivity contribution >= 4 is 43.8 Å². The predicted molar refractivity (Wildman–Crippen MR) is 104 cm³/mol. The van der Waals surface area contributed by atoms with Gasteiger partial charge in [-0.3, -0.25) is 4.79 Å². The molecular weight excluding hydrogens is 366 g/mol. The van der Waals surface area contributed by atoms with E-state index in [2.05, 4.69) is 16.5 Å². The van der Waals surface area contributed by atoms with Gasteiger partial charge in [0, 0.05) is 16.5 Å². The van der Waals surface area contributed by atoms with Crippen LogP contribution in [0.15, 0.2) is 41.1 Å². The van der Waals surface area contributed by atoms with Crippen LogP contribution in [0.1, 0.15) is 33.8 Å². The minimum absolute atomic E-state index is 0.214. The van der Waals surface area contributed by atoms with Crippen molar-refractivity contribution in [2.24, 2.45) is 0 Å². The maximum Gasteiger partial charge on any atom is 0.294 e. The summed E-state index contributed by atoms with van der Waals surface area (Å²) in [5.41, 5.74) is 3.42. The molecule has 0 aliphatic heterocycles. The van der Waals surface area contributed by atoms with Crippen molar-refractivity contribution in [1.82, 2.24) is 10.1 Å². The number of carbonyl (C=O) groups is 1. The minimum Gasteiger partial charge on any atom is -0.351 e. The summed E-state index contributed by atoms with van der Waals surface area (Å²) in [5.74, 6) is -0.0601. The lowest BCUT2D eigenvalue weighted by Gasteiger charge is -2.11. The Bertz CT molecular complexity index is 1060. The summed E-state index contributed by atoms with van der Waals surface area (Å²) >= 11 is 3.34. The summed E-state index contributed by atoms with van der Waals surface area (Å²) in [7, 11) is 0. The van der Waals surface area contributed by atoms with Crippen LogP contribution in [0.2, 0.25) is 0 Å². The number of thiophene rings is 1. The normalized spacial score (nSPS) is 13.7. The number of aryl methyl sites for hydroxylation is 1. The van der Waals surface area contributed by atoms with Gasteiger partial charge in [0.05, 0.1) is 16.4 Å². The van der Waals surface area contributed by atoms with E-state index in [4.69, 9.17) is 9.51 Å². The van der Waals surface area contributed by atoms with Crippen molar-refractivity contribution in [2.45, 2.75) is 25.7 Å². The fraction of sp³-hybridized carbons (Fsp3) is 0.211. The first kappa shape index (κ1) is 15.7. The Morgan fingerprint density at radius 3 is 2.85 bits per heavy atom. The first-order chi connectivity index (χ1) is 12.8. The molecule has 7 heteroatoms. The van der Waals surface area contributed by atoms with E-state index in [1.165, 1.54) is 29.5 Å². The highest BCUT2D eigenvalue weighted by molar-refractivity contribution is 7.22. The number of rotatable bonds is 3. The number of para-hydroxylation sites is 1. The zero-order valence-corrected chi connectivity index (χ0v) is 15.5. The molecule has 1 aliphatic carbocycles. The number of anilines is 1. The van der Waals surface area contributed by atoms with Crippen molar-refractivity contribution in [3.8, 4) is 10.6 Å². The molecule has 0 saturated heterocycles. The lowest BCUT2D eigenvalue weighted by atomic mass is 9.96. The minimum atomic E-state index is -0.275. The van der Waals surface area contributed by atoms with Crippen LogP contribution in [0, 0.1) is 0 Å². The second-order valence-corrected chi connectivity index (χ2v) is 8.37. The average Bonchev–Trinajstić information content (AvgIpc) is 3.38. The van der Waals surface area contributed by atoms with Gasteiger partial charge in [-0.25, -0.2) is 4.98 Å². The number of thiazole rings is 1. The number of hydrogen-bond acceptors (Lipinski definition) is 6. The third-order valence-electron chi connectivity index (χ3n) is 4.57. The SMILES string of the molecule is O=C(Nc1sc2c(c1-c1nc3ccccc3s1)CCCC2)c1ccno1. The molecule has 0 fully saturated rings. The summed E-state index contributed by atoms with van der Waals surface area (Å²) in [5, 5.41) is 8.47. The second-order valence-electron chi connectivity index (χ2n) is 6.23. The maximum atomic E-state index is 12.5. The van der Waals surface area contributed by atoms with Crippen LogP contribution in [0.3, 0.4) is 0 Å². The van der Waals surface area contributed by atoms with E-state index in [-0.39, 0.29) is 11.7 Å². The van der Waals surface area contributed by atoms with Crippen molar-refractivity contribution in [1.29, 1.82) is 0 Å². The largest absolute Gasteiger partial charge is 0.351 e. The van der Waals surface area contributed by atoms with E-state index < -0.39 is 0 Å². The van der Waals surface area contributed by atoms with E-state index in [9.17, 15) is 4.79 Å². The quantitative estimate of drug-likeness (QED) is 0.533. The number of aromatic nitrogens is 2. The second kappa shape index (κ2) is 6.34. The van der Waals surface area contributed by atoms with Crippen LogP contribution in [0.4, 0.5) is 5.00 Å². The maximum absolute atomic E-state index is 12.5. The third-order valence-corrected chi connectivity index (χ3v) is 6.83. The molecule has 0 bridgehead atoms. The molecule has 0 atom stereocenters. The molecule has 1 amide bonds. The van der Waals surface area contributed by atoms with Crippen LogP contribution >= 0.6 is 22.7 Å². The van der Waals surface area contributed by atoms with Gasteiger partial charge >= 0.3 is 0 Å². The molecule has 26 heavy (non-hydrogen) atoms. The fourth-order valence-corrected chi connectivity index (χ4v) is 5.75. The first-order valence-corrected chi connectivity index (χ1v) is 10.2. The van der Waals surface area contributed by atoms with Crippen LogP contribution in [-0.2, 0) is 12.8 Å². The monoisotopic (exact) mass is 381 g/mol. The molecule has 3 aromatic heterocycles. The van der Waals surface area contributed by atoms with Crippen molar-refractivity contribution in [2.75, 3.05) is 5.32 Å². The van der Waals surface area contributed by atoms with Gasteiger partial charge in [-0.1, -0.05) is 17.3 Å². The van der Waals surface area contributed by atoms with Gasteiger partial charge in [0.2, 0.25) is 5.76 Å². The Morgan fingerprint density at radius 1 is 1.12 bits per heavy atom. The molecule has 1 N–H and O–H groups in total. The van der Waals surface area contributed by atoms with Gasteiger partial charge in [-0.15, -0.1) is 22.7 Å². The molecule has 0 unspecified atom stereocenters. The number of benzene rings is 1. The van der Waals surface area contributed by atoms with Crippen LogP contribution in [-0.4, -0.2) is 16.0 Å². The van der Waals surface area contributed by atoms with Crippen LogP contribution in [0.25, 0.3) is 20.8 Å². The number of carbonyl (C=O) groups excluding carboxylic acids is 1. The van der Waals surface area contributed by atoms with Gasteiger partial charge in [-0.2, -0.15) is 0 Å². The lowest BCUT2D eigenvalue weighted by Crippen LogP contribution is -2.10. The van der Waals surface area contributed by atoms with Crippen LogP contribution in [0.5, 0.6) is 0 Å².